The Morgan fingerprint density at radius 3 is 2.39 bits per heavy atom. The third kappa shape index (κ3) is 6.03. The van der Waals surface area contributed by atoms with Crippen LogP contribution in [0.15, 0.2) is 82.8 Å². The lowest BCUT2D eigenvalue weighted by atomic mass is 10.2. The molecule has 3 aromatic carbocycles. The van der Waals surface area contributed by atoms with Crippen LogP contribution in [0.3, 0.4) is 0 Å². The molecule has 0 aliphatic rings. The Bertz CT molecular complexity index is 1250. The molecular weight excluding hydrogens is 466 g/mol. The van der Waals surface area contributed by atoms with Gasteiger partial charge in [0.2, 0.25) is 0 Å². The molecule has 0 unspecified atom stereocenters. The minimum atomic E-state index is -4.03. The van der Waals surface area contributed by atoms with Crippen molar-refractivity contribution >= 4 is 39.4 Å². The van der Waals surface area contributed by atoms with Crippen molar-refractivity contribution in [3.8, 4) is 11.5 Å². The molecule has 0 aromatic heterocycles. The fourth-order valence-electron chi connectivity index (χ4n) is 2.94. The Labute approximate surface area is 197 Å². The van der Waals surface area contributed by atoms with E-state index < -0.39 is 22.5 Å². The lowest BCUT2D eigenvalue weighted by Crippen LogP contribution is -2.39. The van der Waals surface area contributed by atoms with E-state index in [0.29, 0.717) is 22.1 Å². The van der Waals surface area contributed by atoms with Gasteiger partial charge in [0.15, 0.2) is 11.5 Å². The molecule has 33 heavy (non-hydrogen) atoms. The maximum Gasteiger partial charge on any atom is 0.264 e. The molecule has 0 spiro atoms. The van der Waals surface area contributed by atoms with Gasteiger partial charge < -0.3 is 9.47 Å². The summed E-state index contributed by atoms with van der Waals surface area (Å²) < 4.78 is 37.9. The summed E-state index contributed by atoms with van der Waals surface area (Å²) in [5.41, 5.74) is 3.26. The van der Waals surface area contributed by atoms with Gasteiger partial charge in [0.05, 0.1) is 31.0 Å². The quantitative estimate of drug-likeness (QED) is 0.366. The number of hydrogen-bond donors (Lipinski definition) is 1. The number of halogens is 1. The molecule has 3 aromatic rings. The number of ether oxygens (including phenoxy) is 2. The zero-order valence-electron chi connectivity index (χ0n) is 17.9. The molecule has 0 atom stereocenters. The van der Waals surface area contributed by atoms with Crippen LogP contribution in [0.1, 0.15) is 5.56 Å². The van der Waals surface area contributed by atoms with E-state index in [1.807, 2.05) is 0 Å². The van der Waals surface area contributed by atoms with E-state index in [1.54, 1.807) is 54.6 Å². The van der Waals surface area contributed by atoms with Crippen molar-refractivity contribution in [1.29, 1.82) is 0 Å². The molecule has 3 rings (SSSR count). The first-order valence-corrected chi connectivity index (χ1v) is 11.5. The van der Waals surface area contributed by atoms with Gasteiger partial charge in [0, 0.05) is 5.02 Å². The summed E-state index contributed by atoms with van der Waals surface area (Å²) in [6.45, 7) is -0.499. The largest absolute Gasteiger partial charge is 0.493 e. The highest BCUT2D eigenvalue weighted by Crippen LogP contribution is 2.27. The molecule has 0 aliphatic carbocycles. The van der Waals surface area contributed by atoms with Crippen LogP contribution in [0.4, 0.5) is 5.69 Å². The fourth-order valence-corrected chi connectivity index (χ4v) is 4.56. The van der Waals surface area contributed by atoms with Crippen molar-refractivity contribution in [2.24, 2.45) is 5.10 Å². The van der Waals surface area contributed by atoms with Crippen molar-refractivity contribution < 1.29 is 22.7 Å². The first-order chi connectivity index (χ1) is 15.8. The number of amides is 1. The highest BCUT2D eigenvalue weighted by Gasteiger charge is 2.27. The Morgan fingerprint density at radius 2 is 1.73 bits per heavy atom. The number of hydrogen-bond acceptors (Lipinski definition) is 6. The van der Waals surface area contributed by atoms with Gasteiger partial charge in [-0.3, -0.25) is 9.10 Å². The van der Waals surface area contributed by atoms with Crippen LogP contribution >= 0.6 is 11.6 Å². The van der Waals surface area contributed by atoms with Crippen molar-refractivity contribution in [1.82, 2.24) is 5.43 Å². The van der Waals surface area contributed by atoms with E-state index in [4.69, 9.17) is 21.1 Å². The summed E-state index contributed by atoms with van der Waals surface area (Å²) >= 11 is 6.05. The highest BCUT2D eigenvalue weighted by atomic mass is 35.5. The first-order valence-electron chi connectivity index (χ1n) is 9.72. The van der Waals surface area contributed by atoms with Crippen molar-refractivity contribution in [2.45, 2.75) is 4.90 Å². The number of anilines is 1. The number of nitrogens with zero attached hydrogens (tertiary/aromatic N) is 2. The molecule has 0 saturated heterocycles. The summed E-state index contributed by atoms with van der Waals surface area (Å²) in [7, 11) is -0.987. The Balaban J connectivity index is 1.80. The van der Waals surface area contributed by atoms with Crippen molar-refractivity contribution in [3.05, 3.63) is 83.4 Å². The van der Waals surface area contributed by atoms with Gasteiger partial charge in [-0.1, -0.05) is 35.9 Å². The summed E-state index contributed by atoms with van der Waals surface area (Å²) in [6.07, 6.45) is 1.41. The molecular formula is C23H22ClN3O5S. The number of carbonyl (C=O) groups is 1. The van der Waals surface area contributed by atoms with E-state index in [-0.39, 0.29) is 10.6 Å². The Morgan fingerprint density at radius 1 is 1.00 bits per heavy atom. The standard InChI is InChI=1S/C23H22ClN3O5S/c1-31-21-12-11-17(13-22(21)32-2)15-25-26-23(28)16-27(19-8-6-7-18(24)14-19)33(29,30)20-9-4-3-5-10-20/h3-15H,16H2,1-2H3,(H,26,28)/b25-15-. The second kappa shape index (κ2) is 10.8. The van der Waals surface area contributed by atoms with E-state index in [2.05, 4.69) is 10.5 Å². The van der Waals surface area contributed by atoms with E-state index in [9.17, 15) is 13.2 Å². The average Bonchev–Trinajstić information content (AvgIpc) is 2.82. The lowest BCUT2D eigenvalue weighted by Gasteiger charge is -2.23. The predicted octanol–water partition coefficient (Wildman–Crippen LogP) is 3.70. The number of nitrogens with one attached hydrogen (secondary N) is 1. The van der Waals surface area contributed by atoms with Gasteiger partial charge in [-0.15, -0.1) is 0 Å². The molecule has 8 nitrogen and oxygen atoms in total. The first kappa shape index (κ1) is 24.1. The van der Waals surface area contributed by atoms with Gasteiger partial charge in [-0.2, -0.15) is 5.10 Å². The maximum atomic E-state index is 13.2. The van der Waals surface area contributed by atoms with Crippen LogP contribution in [0.25, 0.3) is 0 Å². The highest BCUT2D eigenvalue weighted by molar-refractivity contribution is 7.92. The van der Waals surface area contributed by atoms with Gasteiger partial charge in [-0.05, 0) is 54.1 Å². The number of rotatable bonds is 9. The summed E-state index contributed by atoms with van der Waals surface area (Å²) in [5, 5.41) is 4.26. The zero-order valence-corrected chi connectivity index (χ0v) is 19.5. The zero-order chi connectivity index (χ0) is 23.8. The minimum Gasteiger partial charge on any atom is -0.493 e. The SMILES string of the molecule is COc1ccc(/C=N\NC(=O)CN(c2cccc(Cl)c2)S(=O)(=O)c2ccccc2)cc1OC. The molecule has 0 aliphatic heterocycles. The van der Waals surface area contributed by atoms with Crippen LogP contribution in [-0.4, -0.2) is 41.3 Å². The molecule has 0 saturated carbocycles. The predicted molar refractivity (Wildman–Crippen MR) is 128 cm³/mol. The number of carbonyl (C=O) groups excluding carboxylic acids is 1. The topological polar surface area (TPSA) is 97.3 Å². The number of benzene rings is 3. The average molecular weight is 488 g/mol. The van der Waals surface area contributed by atoms with E-state index in [0.717, 1.165) is 4.31 Å². The minimum absolute atomic E-state index is 0.0478. The van der Waals surface area contributed by atoms with Gasteiger partial charge in [0.25, 0.3) is 15.9 Å². The molecule has 10 heteroatoms. The fraction of sp³-hybridized carbons (Fsp3) is 0.130. The van der Waals surface area contributed by atoms with Crippen molar-refractivity contribution in [2.75, 3.05) is 25.1 Å². The summed E-state index contributed by atoms with van der Waals surface area (Å²) in [6, 6.07) is 19.2. The van der Waals surface area contributed by atoms with Crippen LogP contribution in [0.2, 0.25) is 5.02 Å². The molecule has 1 N–H and O–H groups in total. The van der Waals surface area contributed by atoms with Crippen LogP contribution < -0.4 is 19.2 Å². The molecule has 172 valence electrons. The third-order valence-electron chi connectivity index (χ3n) is 4.53. The Hall–Kier alpha value is -3.56. The molecule has 0 bridgehead atoms. The normalized spacial score (nSPS) is 11.2. The van der Waals surface area contributed by atoms with Gasteiger partial charge in [-0.25, -0.2) is 13.8 Å². The maximum absolute atomic E-state index is 13.2. The van der Waals surface area contributed by atoms with Gasteiger partial charge >= 0.3 is 0 Å². The number of hydrazone groups is 1. The number of methoxy groups -OCH3 is 2. The van der Waals surface area contributed by atoms with Crippen LogP contribution in [0, 0.1) is 0 Å². The second-order valence-corrected chi connectivity index (χ2v) is 9.01. The van der Waals surface area contributed by atoms with E-state index >= 15 is 0 Å². The molecule has 0 fully saturated rings. The molecule has 0 radical (unpaired) electrons. The second-order valence-electron chi connectivity index (χ2n) is 6.71. The summed E-state index contributed by atoms with van der Waals surface area (Å²) in [5.74, 6) is 0.432. The lowest BCUT2D eigenvalue weighted by molar-refractivity contribution is -0.119. The third-order valence-corrected chi connectivity index (χ3v) is 6.55. The van der Waals surface area contributed by atoms with Crippen LogP contribution in [0.5, 0.6) is 11.5 Å². The van der Waals surface area contributed by atoms with E-state index in [1.165, 1.54) is 38.6 Å². The monoisotopic (exact) mass is 487 g/mol. The molecule has 1 amide bonds. The Kier molecular flexibility index (Phi) is 7.92. The van der Waals surface area contributed by atoms with Gasteiger partial charge in [0.1, 0.15) is 6.54 Å². The molecule has 0 heterocycles. The number of sulfonamides is 1. The smallest absolute Gasteiger partial charge is 0.264 e. The summed E-state index contributed by atoms with van der Waals surface area (Å²) in [4.78, 5) is 12.6. The van der Waals surface area contributed by atoms with Crippen molar-refractivity contribution in [3.63, 3.8) is 0 Å². The van der Waals surface area contributed by atoms with Crippen LogP contribution in [-0.2, 0) is 14.8 Å².